The average Bonchev–Trinajstić information content (AvgIpc) is 1.85. The minimum Gasteiger partial charge on any atom is -0.276 e. The highest BCUT2D eigenvalue weighted by Crippen LogP contribution is 2.32. The molecule has 0 saturated heterocycles. The Kier molecular flexibility index (Phi) is 5.37. The first-order valence-corrected chi connectivity index (χ1v) is 6.15. The number of nitrogens with zero attached hydrogens (tertiary/aromatic N) is 1. The summed E-state index contributed by atoms with van der Waals surface area (Å²) in [4.78, 5) is 10.9. The number of hydrogen-bond donors (Lipinski definition) is 2. The lowest BCUT2D eigenvalue weighted by Gasteiger charge is -2.24. The van der Waals surface area contributed by atoms with Crippen molar-refractivity contribution in [3.8, 4) is 0 Å². The van der Waals surface area contributed by atoms with Gasteiger partial charge in [0, 0.05) is 0 Å². The van der Waals surface area contributed by atoms with E-state index in [1.54, 1.807) is 13.8 Å². The summed E-state index contributed by atoms with van der Waals surface area (Å²) in [5.74, 6) is 0. The van der Waals surface area contributed by atoms with Crippen molar-refractivity contribution in [1.82, 2.24) is 5.00 Å². The van der Waals surface area contributed by atoms with Gasteiger partial charge in [-0.25, -0.2) is 0 Å². The molecule has 0 aliphatic rings. The Morgan fingerprint density at radius 1 is 1.27 bits per heavy atom. The number of nitrogens with two attached hydrogens (primary N) is 2. The Hall–Kier alpha value is 0.450. The quantitative estimate of drug-likeness (QED) is 0.491. The molecule has 0 spiro atoms. The van der Waals surface area contributed by atoms with E-state index in [9.17, 15) is 0 Å². The third-order valence-corrected chi connectivity index (χ3v) is 1.88. The summed E-state index contributed by atoms with van der Waals surface area (Å²) in [6.45, 7) is 1.89. The monoisotopic (exact) mass is 199 g/mol. The molecule has 0 radical (unpaired) electrons. The fourth-order valence-corrected chi connectivity index (χ4v) is 1.31. The van der Waals surface area contributed by atoms with Crippen LogP contribution in [-0.2, 0) is 21.5 Å². The van der Waals surface area contributed by atoms with E-state index in [0.29, 0.717) is 13.2 Å². The number of rotatable bonds is 5. The highest BCUT2D eigenvalue weighted by Gasteiger charge is 2.17. The van der Waals surface area contributed by atoms with Crippen molar-refractivity contribution in [2.75, 3.05) is 13.2 Å². The molecule has 0 saturated carbocycles. The number of hydrogen-bond acceptors (Lipinski definition) is 3. The van der Waals surface area contributed by atoms with Gasteiger partial charge in [0.05, 0.1) is 13.2 Å². The Morgan fingerprint density at radius 2 is 1.64 bits per heavy atom. The van der Waals surface area contributed by atoms with Crippen LogP contribution in [0.2, 0.25) is 0 Å². The van der Waals surface area contributed by atoms with E-state index in [-0.39, 0.29) is 0 Å². The Labute approximate surface area is 71.7 Å². The van der Waals surface area contributed by atoms with Crippen LogP contribution < -0.4 is 11.0 Å². The highest BCUT2D eigenvalue weighted by molar-refractivity contribution is 8.11. The van der Waals surface area contributed by atoms with Crippen molar-refractivity contribution in [3.63, 3.8) is 0 Å². The van der Waals surface area contributed by atoms with Gasteiger partial charge in [0.25, 0.3) is 0 Å². The molecule has 0 bridgehead atoms. The molecule has 0 rings (SSSR count). The first-order valence-electron chi connectivity index (χ1n) is 3.26. The molecule has 0 aliphatic carbocycles. The molecule has 0 fully saturated rings. The Balaban J connectivity index is 3.99. The van der Waals surface area contributed by atoms with Crippen LogP contribution in [0.1, 0.15) is 13.8 Å². The van der Waals surface area contributed by atoms with Crippen LogP contribution in [0.3, 0.4) is 0 Å². The zero-order valence-electron chi connectivity index (χ0n) is 6.69. The lowest BCUT2D eigenvalue weighted by molar-refractivity contribution is -0.296. The molecule has 7 heteroatoms. The van der Waals surface area contributed by atoms with Crippen LogP contribution in [-0.4, -0.2) is 18.2 Å². The first-order chi connectivity index (χ1) is 5.02. The first kappa shape index (κ1) is 11.4. The van der Waals surface area contributed by atoms with Crippen molar-refractivity contribution in [3.05, 3.63) is 0 Å². The van der Waals surface area contributed by atoms with Crippen LogP contribution in [0.4, 0.5) is 0 Å². The summed E-state index contributed by atoms with van der Waals surface area (Å²) < 4.78 is 0. The van der Waals surface area contributed by atoms with Gasteiger partial charge in [0.1, 0.15) is 0 Å². The van der Waals surface area contributed by atoms with E-state index in [4.69, 9.17) is 32.5 Å². The van der Waals surface area contributed by atoms with Crippen molar-refractivity contribution in [1.29, 1.82) is 0 Å². The molecule has 11 heavy (non-hydrogen) atoms. The van der Waals surface area contributed by atoms with Crippen molar-refractivity contribution in [2.45, 2.75) is 13.8 Å². The van der Waals surface area contributed by atoms with E-state index in [1.807, 2.05) is 0 Å². The van der Waals surface area contributed by atoms with Crippen LogP contribution in [0, 0.1) is 0 Å². The predicted molar refractivity (Wildman–Crippen MR) is 47.8 cm³/mol. The van der Waals surface area contributed by atoms with Gasteiger partial charge in [-0.15, -0.1) is 0 Å². The molecule has 0 aromatic heterocycles. The van der Waals surface area contributed by atoms with Crippen LogP contribution in [0.25, 0.3) is 0 Å². The third kappa shape index (κ3) is 4.81. The maximum atomic E-state index is 5.43. The molecular formula is C4H14N3O2PS. The van der Waals surface area contributed by atoms with Gasteiger partial charge in [0.15, 0.2) is 6.49 Å². The SMILES string of the molecule is CCON(OCC)P(N)(N)=S. The summed E-state index contributed by atoms with van der Waals surface area (Å²) in [5.41, 5.74) is 10.9. The Morgan fingerprint density at radius 3 is 1.82 bits per heavy atom. The van der Waals surface area contributed by atoms with Gasteiger partial charge in [-0.1, -0.05) is 0 Å². The van der Waals surface area contributed by atoms with Gasteiger partial charge in [-0.3, -0.25) is 20.7 Å². The van der Waals surface area contributed by atoms with E-state index < -0.39 is 6.49 Å². The molecule has 0 atom stereocenters. The second-order valence-corrected chi connectivity index (χ2v) is 5.17. The normalized spacial score (nSPS) is 12.5. The second kappa shape index (κ2) is 5.16. The summed E-state index contributed by atoms with van der Waals surface area (Å²) >= 11 is 4.78. The van der Waals surface area contributed by atoms with Crippen LogP contribution >= 0.6 is 6.49 Å². The topological polar surface area (TPSA) is 73.7 Å². The fraction of sp³-hybridized carbons (Fsp3) is 1.00. The molecule has 0 amide bonds. The lowest BCUT2D eigenvalue weighted by atomic mass is 10.9. The van der Waals surface area contributed by atoms with Gasteiger partial charge < -0.3 is 0 Å². The molecule has 0 aromatic carbocycles. The third-order valence-electron chi connectivity index (χ3n) is 0.734. The molecule has 68 valence electrons. The van der Waals surface area contributed by atoms with Crippen LogP contribution in [0.15, 0.2) is 0 Å². The maximum absolute atomic E-state index is 5.43. The van der Waals surface area contributed by atoms with Crippen molar-refractivity contribution in [2.24, 2.45) is 11.0 Å². The van der Waals surface area contributed by atoms with E-state index in [2.05, 4.69) is 0 Å². The minimum absolute atomic E-state index is 0.437. The van der Waals surface area contributed by atoms with Crippen molar-refractivity contribution < 1.29 is 9.68 Å². The molecule has 0 aromatic rings. The van der Waals surface area contributed by atoms with E-state index >= 15 is 0 Å². The molecule has 4 N–H and O–H groups in total. The van der Waals surface area contributed by atoms with Gasteiger partial charge >= 0.3 is 0 Å². The second-order valence-electron chi connectivity index (χ2n) is 1.75. The standard InChI is InChI=1S/C4H14N3O2PS/c1-3-8-7(9-4-2)10(5,6)11/h3-4H2,1-2H3,(H4,5,6,11). The molecule has 0 aliphatic heterocycles. The van der Waals surface area contributed by atoms with Crippen LogP contribution in [0.5, 0.6) is 0 Å². The lowest BCUT2D eigenvalue weighted by Crippen LogP contribution is -2.29. The zero-order chi connectivity index (χ0) is 8.91. The van der Waals surface area contributed by atoms with Gasteiger partial charge in [-0.05, 0) is 30.7 Å². The summed E-state index contributed by atoms with van der Waals surface area (Å²) in [7, 11) is 0. The van der Waals surface area contributed by atoms with Crippen molar-refractivity contribution >= 4 is 18.3 Å². The molecule has 0 heterocycles. The molecule has 5 nitrogen and oxygen atoms in total. The van der Waals surface area contributed by atoms with Gasteiger partial charge in [-0.2, -0.15) is 0 Å². The molecular weight excluding hydrogens is 185 g/mol. The molecule has 0 unspecified atom stereocenters. The summed E-state index contributed by atoms with van der Waals surface area (Å²) in [6, 6.07) is 0. The maximum Gasteiger partial charge on any atom is 0.186 e. The fourth-order valence-electron chi connectivity index (χ4n) is 0.439. The van der Waals surface area contributed by atoms with Gasteiger partial charge in [0.2, 0.25) is 0 Å². The van der Waals surface area contributed by atoms with E-state index in [0.717, 1.165) is 5.00 Å². The smallest absolute Gasteiger partial charge is 0.186 e. The summed E-state index contributed by atoms with van der Waals surface area (Å²) in [6.07, 6.45) is 0. The Bertz CT molecular complexity index is 144. The average molecular weight is 199 g/mol. The highest BCUT2D eigenvalue weighted by atomic mass is 32.4. The zero-order valence-corrected chi connectivity index (χ0v) is 8.40. The minimum atomic E-state index is -2.59. The van der Waals surface area contributed by atoms with E-state index in [1.165, 1.54) is 0 Å². The predicted octanol–water partition coefficient (Wildman–Crippen LogP) is 0.333. The largest absolute Gasteiger partial charge is 0.276 e. The summed E-state index contributed by atoms with van der Waals surface area (Å²) in [5, 5.41) is 0.